The first-order valence-electron chi connectivity index (χ1n) is 11.3. The number of nitrogens with one attached hydrogen (secondary N) is 3. The number of anilines is 1. The molecule has 0 radical (unpaired) electrons. The Morgan fingerprint density at radius 3 is 2.36 bits per heavy atom. The van der Waals surface area contributed by atoms with Gasteiger partial charge >= 0.3 is 12.0 Å². The first-order chi connectivity index (χ1) is 17.2. The predicted octanol–water partition coefficient (Wildman–Crippen LogP) is 2.39. The highest BCUT2D eigenvalue weighted by Gasteiger charge is 2.32. The van der Waals surface area contributed by atoms with E-state index in [0.717, 1.165) is 0 Å². The van der Waals surface area contributed by atoms with E-state index in [2.05, 4.69) is 16.0 Å². The number of carbonyl (C=O) groups excluding carboxylic acids is 4. The molecule has 2 aromatic rings. The summed E-state index contributed by atoms with van der Waals surface area (Å²) in [4.78, 5) is 48.5. The SMILES string of the molecule is CCOC(=O)c1ccc(NC(=O)C2=C(C)NC(=O)NC2c2ccc(OCC(N)=O)c(OCC)c2)cc1. The Labute approximate surface area is 208 Å². The highest BCUT2D eigenvalue weighted by atomic mass is 16.5. The Morgan fingerprint density at radius 2 is 1.72 bits per heavy atom. The summed E-state index contributed by atoms with van der Waals surface area (Å²) in [5.41, 5.74) is 7.18. The van der Waals surface area contributed by atoms with E-state index in [0.29, 0.717) is 40.6 Å². The molecule has 5 N–H and O–H groups in total. The number of benzene rings is 2. The van der Waals surface area contributed by atoms with Crippen LogP contribution in [0, 0.1) is 0 Å². The number of nitrogens with two attached hydrogens (primary N) is 1. The van der Waals surface area contributed by atoms with E-state index in [1.54, 1.807) is 63.2 Å². The predicted molar refractivity (Wildman–Crippen MR) is 130 cm³/mol. The Kier molecular flexibility index (Phi) is 8.50. The summed E-state index contributed by atoms with van der Waals surface area (Å²) in [6.07, 6.45) is 0. The summed E-state index contributed by atoms with van der Waals surface area (Å²) in [6, 6.07) is 9.86. The summed E-state index contributed by atoms with van der Waals surface area (Å²) < 4.78 is 16.0. The van der Waals surface area contributed by atoms with Crippen LogP contribution in [0.2, 0.25) is 0 Å². The minimum Gasteiger partial charge on any atom is -0.490 e. The lowest BCUT2D eigenvalue weighted by Gasteiger charge is -2.29. The van der Waals surface area contributed by atoms with Crippen LogP contribution >= 0.6 is 0 Å². The van der Waals surface area contributed by atoms with Crippen molar-refractivity contribution in [1.82, 2.24) is 10.6 Å². The van der Waals surface area contributed by atoms with Gasteiger partial charge in [0.2, 0.25) is 0 Å². The molecule has 0 aromatic heterocycles. The fourth-order valence-electron chi connectivity index (χ4n) is 3.59. The number of amides is 4. The van der Waals surface area contributed by atoms with Gasteiger partial charge in [0.1, 0.15) is 0 Å². The fraction of sp³-hybridized carbons (Fsp3) is 0.280. The number of primary amides is 1. The lowest BCUT2D eigenvalue weighted by Crippen LogP contribution is -2.46. The van der Waals surface area contributed by atoms with Gasteiger partial charge in [0, 0.05) is 11.4 Å². The average molecular weight is 497 g/mol. The first-order valence-corrected chi connectivity index (χ1v) is 11.3. The van der Waals surface area contributed by atoms with Gasteiger partial charge in [-0.05, 0) is 62.7 Å². The van der Waals surface area contributed by atoms with Crippen LogP contribution in [0.15, 0.2) is 53.7 Å². The zero-order chi connectivity index (χ0) is 26.2. The average Bonchev–Trinajstić information content (AvgIpc) is 2.83. The summed E-state index contributed by atoms with van der Waals surface area (Å²) in [7, 11) is 0. The molecule has 0 fully saturated rings. The Bertz CT molecular complexity index is 1190. The minimum atomic E-state index is -0.804. The molecule has 0 aliphatic carbocycles. The van der Waals surface area contributed by atoms with Crippen molar-refractivity contribution < 1.29 is 33.4 Å². The standard InChI is InChI=1S/C25H28N4O7/c1-4-34-19-12-16(8-11-18(19)36-13-20(26)30)22-21(14(3)27-25(33)29-22)23(31)28-17-9-6-15(7-10-17)24(32)35-5-2/h6-12,22H,4-5,13H2,1-3H3,(H2,26,30)(H,28,31)(H2,27,29,33). The van der Waals surface area contributed by atoms with Crippen molar-refractivity contribution >= 4 is 29.5 Å². The molecule has 1 heterocycles. The second-order valence-electron chi connectivity index (χ2n) is 7.72. The first kappa shape index (κ1) is 26.1. The Balaban J connectivity index is 1.88. The summed E-state index contributed by atoms with van der Waals surface area (Å²) in [6.45, 7) is 5.37. The maximum atomic E-state index is 13.3. The molecule has 1 unspecified atom stereocenters. The summed E-state index contributed by atoms with van der Waals surface area (Å²) in [5, 5.41) is 8.17. The van der Waals surface area contributed by atoms with Crippen LogP contribution in [-0.2, 0) is 14.3 Å². The van der Waals surface area contributed by atoms with Crippen molar-refractivity contribution in [2.45, 2.75) is 26.8 Å². The van der Waals surface area contributed by atoms with Crippen LogP contribution in [0.3, 0.4) is 0 Å². The largest absolute Gasteiger partial charge is 0.490 e. The molecule has 1 aliphatic heterocycles. The molecule has 0 spiro atoms. The van der Waals surface area contributed by atoms with Crippen LogP contribution in [-0.4, -0.2) is 43.6 Å². The van der Waals surface area contributed by atoms with Crippen molar-refractivity contribution in [3.05, 3.63) is 64.9 Å². The van der Waals surface area contributed by atoms with Gasteiger partial charge in [-0.1, -0.05) is 6.07 Å². The van der Waals surface area contributed by atoms with Gasteiger partial charge < -0.3 is 35.9 Å². The quantitative estimate of drug-likeness (QED) is 0.368. The number of esters is 1. The molecule has 1 aliphatic rings. The van der Waals surface area contributed by atoms with Gasteiger partial charge in [-0.25, -0.2) is 9.59 Å². The smallest absolute Gasteiger partial charge is 0.338 e. The number of hydrogen-bond donors (Lipinski definition) is 4. The van der Waals surface area contributed by atoms with E-state index in [-0.39, 0.29) is 18.8 Å². The van der Waals surface area contributed by atoms with Gasteiger partial charge in [-0.15, -0.1) is 0 Å². The molecular formula is C25H28N4O7. The molecule has 2 aromatic carbocycles. The van der Waals surface area contributed by atoms with E-state index in [1.165, 1.54) is 0 Å². The molecule has 0 bridgehead atoms. The normalized spacial score (nSPS) is 14.9. The molecule has 11 heteroatoms. The lowest BCUT2D eigenvalue weighted by atomic mass is 9.94. The third kappa shape index (κ3) is 6.32. The van der Waals surface area contributed by atoms with E-state index < -0.39 is 29.9 Å². The third-order valence-electron chi connectivity index (χ3n) is 5.14. The number of ether oxygens (including phenoxy) is 3. The van der Waals surface area contributed by atoms with Crippen LogP contribution in [0.5, 0.6) is 11.5 Å². The molecule has 36 heavy (non-hydrogen) atoms. The lowest BCUT2D eigenvalue weighted by molar-refractivity contribution is -0.120. The van der Waals surface area contributed by atoms with Crippen molar-refractivity contribution in [3.8, 4) is 11.5 Å². The molecule has 4 amide bonds. The van der Waals surface area contributed by atoms with Crippen molar-refractivity contribution in [2.75, 3.05) is 25.1 Å². The molecule has 0 saturated carbocycles. The third-order valence-corrected chi connectivity index (χ3v) is 5.14. The van der Waals surface area contributed by atoms with Crippen molar-refractivity contribution in [1.29, 1.82) is 0 Å². The number of carbonyl (C=O) groups is 4. The maximum absolute atomic E-state index is 13.3. The minimum absolute atomic E-state index is 0.258. The van der Waals surface area contributed by atoms with Gasteiger partial charge in [0.15, 0.2) is 18.1 Å². The monoisotopic (exact) mass is 496 g/mol. The van der Waals surface area contributed by atoms with Gasteiger partial charge in [0.25, 0.3) is 11.8 Å². The number of rotatable bonds is 10. The Morgan fingerprint density at radius 1 is 1.00 bits per heavy atom. The highest BCUT2D eigenvalue weighted by molar-refractivity contribution is 6.07. The number of hydrogen-bond acceptors (Lipinski definition) is 7. The van der Waals surface area contributed by atoms with Crippen LogP contribution in [0.1, 0.15) is 42.7 Å². The molecule has 3 rings (SSSR count). The van der Waals surface area contributed by atoms with E-state index in [9.17, 15) is 19.2 Å². The van der Waals surface area contributed by atoms with E-state index >= 15 is 0 Å². The van der Waals surface area contributed by atoms with Crippen LogP contribution < -0.4 is 31.2 Å². The van der Waals surface area contributed by atoms with Crippen LogP contribution in [0.4, 0.5) is 10.5 Å². The van der Waals surface area contributed by atoms with E-state index in [4.69, 9.17) is 19.9 Å². The fourth-order valence-corrected chi connectivity index (χ4v) is 3.59. The zero-order valence-corrected chi connectivity index (χ0v) is 20.2. The second kappa shape index (κ2) is 11.7. The van der Waals surface area contributed by atoms with Gasteiger partial charge in [0.05, 0.1) is 30.4 Å². The summed E-state index contributed by atoms with van der Waals surface area (Å²) in [5.74, 6) is -0.925. The van der Waals surface area contributed by atoms with Crippen molar-refractivity contribution in [2.24, 2.45) is 5.73 Å². The van der Waals surface area contributed by atoms with Gasteiger partial charge in [-0.3, -0.25) is 9.59 Å². The Hall–Kier alpha value is -4.54. The van der Waals surface area contributed by atoms with Crippen molar-refractivity contribution in [3.63, 3.8) is 0 Å². The highest BCUT2D eigenvalue weighted by Crippen LogP contribution is 2.35. The maximum Gasteiger partial charge on any atom is 0.338 e. The second-order valence-corrected chi connectivity index (χ2v) is 7.72. The van der Waals surface area contributed by atoms with Gasteiger partial charge in [-0.2, -0.15) is 0 Å². The van der Waals surface area contributed by atoms with Crippen LogP contribution in [0.25, 0.3) is 0 Å². The topological polar surface area (TPSA) is 158 Å². The molecule has 190 valence electrons. The number of urea groups is 1. The van der Waals surface area contributed by atoms with E-state index in [1.807, 2.05) is 0 Å². The molecule has 0 saturated heterocycles. The zero-order valence-electron chi connectivity index (χ0n) is 20.2. The molecular weight excluding hydrogens is 468 g/mol. The molecule has 11 nitrogen and oxygen atoms in total. The number of allylic oxidation sites excluding steroid dienone is 1. The molecule has 1 atom stereocenters. The summed E-state index contributed by atoms with van der Waals surface area (Å²) >= 11 is 0.